The molecule has 0 unspecified atom stereocenters. The first-order valence-electron chi connectivity index (χ1n) is 9.62. The van der Waals surface area contributed by atoms with Crippen LogP contribution in [0.4, 0.5) is 5.69 Å². The van der Waals surface area contributed by atoms with Crippen LogP contribution in [0.2, 0.25) is 5.02 Å². The highest BCUT2D eigenvalue weighted by atomic mass is 35.5. The Morgan fingerprint density at radius 2 is 1.59 bits per heavy atom. The van der Waals surface area contributed by atoms with Crippen LogP contribution in [0.5, 0.6) is 0 Å². The first-order valence-corrected chi connectivity index (χ1v) is 12.0. The highest BCUT2D eigenvalue weighted by Gasteiger charge is 2.17. The molecule has 1 aliphatic heterocycles. The minimum Gasteiger partial charge on any atom is -0.324 e. The number of hydrazine groups is 1. The van der Waals surface area contributed by atoms with E-state index < -0.39 is 11.8 Å². The summed E-state index contributed by atoms with van der Waals surface area (Å²) in [5.41, 5.74) is 7.26. The molecule has 4 rings (SSSR count). The topological polar surface area (TPSA) is 87.3 Å². The molecular formula is C23H18ClN3O3S2. The van der Waals surface area contributed by atoms with Gasteiger partial charge >= 0.3 is 0 Å². The van der Waals surface area contributed by atoms with E-state index >= 15 is 0 Å². The summed E-state index contributed by atoms with van der Waals surface area (Å²) in [4.78, 5) is 38.3. The number of halogens is 1. The maximum absolute atomic E-state index is 12.4. The Morgan fingerprint density at radius 1 is 0.938 bits per heavy atom. The molecule has 9 heteroatoms. The molecule has 162 valence electrons. The molecule has 32 heavy (non-hydrogen) atoms. The average molecular weight is 484 g/mol. The number of rotatable bonds is 5. The van der Waals surface area contributed by atoms with Gasteiger partial charge in [0.05, 0.1) is 11.4 Å². The van der Waals surface area contributed by atoms with Crippen molar-refractivity contribution in [2.75, 3.05) is 11.1 Å². The van der Waals surface area contributed by atoms with Gasteiger partial charge in [0, 0.05) is 31.7 Å². The number of benzene rings is 3. The summed E-state index contributed by atoms with van der Waals surface area (Å²) >= 11 is 8.99. The van der Waals surface area contributed by atoms with Gasteiger partial charge < -0.3 is 5.32 Å². The van der Waals surface area contributed by atoms with Gasteiger partial charge in [-0.15, -0.1) is 23.5 Å². The number of fused-ring (bicyclic) bond motifs is 1. The predicted molar refractivity (Wildman–Crippen MR) is 128 cm³/mol. The van der Waals surface area contributed by atoms with E-state index in [-0.39, 0.29) is 5.91 Å². The predicted octanol–water partition coefficient (Wildman–Crippen LogP) is 4.75. The van der Waals surface area contributed by atoms with Crippen molar-refractivity contribution in [1.29, 1.82) is 0 Å². The minimum atomic E-state index is -0.470. The van der Waals surface area contributed by atoms with E-state index in [9.17, 15) is 14.4 Å². The number of anilines is 1. The number of hydrogen-bond donors (Lipinski definition) is 3. The van der Waals surface area contributed by atoms with Crippen LogP contribution in [0.3, 0.4) is 0 Å². The summed E-state index contributed by atoms with van der Waals surface area (Å²) in [6.45, 7) is 0. The molecule has 1 heterocycles. The van der Waals surface area contributed by atoms with E-state index in [0.717, 1.165) is 21.1 Å². The molecule has 0 fully saturated rings. The Labute approximate surface area is 198 Å². The first-order chi connectivity index (χ1) is 15.5. The molecular weight excluding hydrogens is 466 g/mol. The Morgan fingerprint density at radius 3 is 2.31 bits per heavy atom. The van der Waals surface area contributed by atoms with E-state index in [1.165, 1.54) is 11.8 Å². The van der Waals surface area contributed by atoms with Crippen molar-refractivity contribution in [3.63, 3.8) is 0 Å². The van der Waals surface area contributed by atoms with Crippen LogP contribution >= 0.6 is 35.1 Å². The molecule has 0 aromatic heterocycles. The van der Waals surface area contributed by atoms with Crippen molar-refractivity contribution in [3.05, 3.63) is 88.4 Å². The zero-order valence-corrected chi connectivity index (χ0v) is 19.1. The molecule has 0 atom stereocenters. The van der Waals surface area contributed by atoms with Crippen molar-refractivity contribution >= 4 is 58.5 Å². The molecule has 0 saturated carbocycles. The van der Waals surface area contributed by atoms with Crippen LogP contribution in [-0.4, -0.2) is 23.5 Å². The number of carbonyl (C=O) groups is 3. The van der Waals surface area contributed by atoms with Crippen molar-refractivity contribution in [3.8, 4) is 0 Å². The molecule has 0 radical (unpaired) electrons. The first kappa shape index (κ1) is 22.3. The lowest BCUT2D eigenvalue weighted by Gasteiger charge is -2.17. The fraction of sp³-hybridized carbons (Fsp3) is 0.0870. The Kier molecular flexibility index (Phi) is 7.04. The van der Waals surface area contributed by atoms with E-state index in [2.05, 4.69) is 16.2 Å². The molecule has 6 nitrogen and oxygen atoms in total. The maximum Gasteiger partial charge on any atom is 0.269 e. The lowest BCUT2D eigenvalue weighted by atomic mass is 10.1. The van der Waals surface area contributed by atoms with E-state index in [4.69, 9.17) is 11.6 Å². The Bertz CT molecular complexity index is 1170. The van der Waals surface area contributed by atoms with Gasteiger partial charge in [-0.2, -0.15) is 0 Å². The number of amides is 3. The fourth-order valence-corrected chi connectivity index (χ4v) is 4.70. The second-order valence-corrected chi connectivity index (χ2v) is 9.40. The third-order valence-corrected chi connectivity index (χ3v) is 7.01. The number of carbonyl (C=O) groups excluding carboxylic acids is 3. The average Bonchev–Trinajstić information content (AvgIpc) is 2.81. The highest BCUT2D eigenvalue weighted by molar-refractivity contribution is 8.00. The summed E-state index contributed by atoms with van der Waals surface area (Å²) in [6.07, 6.45) is 0. The van der Waals surface area contributed by atoms with Gasteiger partial charge in [-0.25, -0.2) is 0 Å². The molecule has 3 amide bonds. The lowest BCUT2D eigenvalue weighted by Crippen LogP contribution is -2.41. The van der Waals surface area contributed by atoms with Crippen LogP contribution in [0, 0.1) is 0 Å². The zero-order chi connectivity index (χ0) is 22.5. The Hall–Kier alpha value is -2.94. The molecule has 3 N–H and O–H groups in total. The second-order valence-electron chi connectivity index (χ2n) is 6.90. The van der Waals surface area contributed by atoms with Crippen LogP contribution in [-0.2, 0) is 10.5 Å². The van der Waals surface area contributed by atoms with E-state index in [1.807, 2.05) is 36.4 Å². The van der Waals surface area contributed by atoms with Crippen LogP contribution in [0.1, 0.15) is 26.3 Å². The number of nitrogens with one attached hydrogen (secondary N) is 3. The Balaban J connectivity index is 1.30. The van der Waals surface area contributed by atoms with Gasteiger partial charge in [0.25, 0.3) is 11.8 Å². The summed E-state index contributed by atoms with van der Waals surface area (Å²) < 4.78 is 0. The summed E-state index contributed by atoms with van der Waals surface area (Å²) in [5.74, 6) is 0.114. The molecule has 0 aliphatic carbocycles. The highest BCUT2D eigenvalue weighted by Crippen LogP contribution is 2.32. The van der Waals surface area contributed by atoms with Gasteiger partial charge in [-0.05, 0) is 60.2 Å². The third kappa shape index (κ3) is 5.64. The number of hydrogen-bond acceptors (Lipinski definition) is 5. The zero-order valence-electron chi connectivity index (χ0n) is 16.7. The normalized spacial score (nSPS) is 12.5. The van der Waals surface area contributed by atoms with E-state index in [0.29, 0.717) is 27.6 Å². The molecule has 3 aromatic carbocycles. The quantitative estimate of drug-likeness (QED) is 0.360. The lowest BCUT2D eigenvalue weighted by molar-refractivity contribution is -0.113. The third-order valence-electron chi connectivity index (χ3n) is 4.60. The monoisotopic (exact) mass is 483 g/mol. The maximum atomic E-state index is 12.4. The van der Waals surface area contributed by atoms with Crippen molar-refractivity contribution in [2.24, 2.45) is 0 Å². The molecule has 0 spiro atoms. The van der Waals surface area contributed by atoms with Gasteiger partial charge in [0.1, 0.15) is 0 Å². The SMILES string of the molecule is O=C1CSc2ccc(C(=O)NNC(=O)c3ccc(CSc4ccc(Cl)cc4)cc3)cc2N1. The molecule has 1 aliphatic rings. The van der Waals surface area contributed by atoms with E-state index in [1.54, 1.807) is 42.1 Å². The van der Waals surface area contributed by atoms with Gasteiger partial charge in [0.2, 0.25) is 5.91 Å². The van der Waals surface area contributed by atoms with Crippen LogP contribution < -0.4 is 16.2 Å². The molecule has 0 saturated heterocycles. The van der Waals surface area contributed by atoms with Crippen molar-refractivity contribution in [1.82, 2.24) is 10.9 Å². The second kappa shape index (κ2) is 10.1. The van der Waals surface area contributed by atoms with Crippen molar-refractivity contribution < 1.29 is 14.4 Å². The summed E-state index contributed by atoms with van der Waals surface area (Å²) in [6, 6.07) is 19.8. The summed E-state index contributed by atoms with van der Waals surface area (Å²) in [5, 5.41) is 3.44. The van der Waals surface area contributed by atoms with Crippen LogP contribution in [0.15, 0.2) is 76.5 Å². The van der Waals surface area contributed by atoms with Gasteiger partial charge in [-0.1, -0.05) is 23.7 Å². The summed E-state index contributed by atoms with van der Waals surface area (Å²) in [7, 11) is 0. The van der Waals surface area contributed by atoms with Crippen LogP contribution in [0.25, 0.3) is 0 Å². The minimum absolute atomic E-state index is 0.108. The van der Waals surface area contributed by atoms with Gasteiger partial charge in [-0.3, -0.25) is 25.2 Å². The largest absolute Gasteiger partial charge is 0.324 e. The van der Waals surface area contributed by atoms with Crippen molar-refractivity contribution in [2.45, 2.75) is 15.5 Å². The molecule has 3 aromatic rings. The molecule has 0 bridgehead atoms. The number of thioether (sulfide) groups is 2. The standard InChI is InChI=1S/C23H18ClN3O3S2/c24-17-6-8-18(9-7-17)31-12-14-1-3-15(4-2-14)22(29)26-27-23(30)16-5-10-20-19(11-16)25-21(28)13-32-20/h1-11H,12-13H2,(H,25,28)(H,26,29)(H,27,30). The van der Waals surface area contributed by atoms with Gasteiger partial charge in [0.15, 0.2) is 0 Å². The fourth-order valence-electron chi connectivity index (χ4n) is 2.93. The smallest absolute Gasteiger partial charge is 0.269 e.